The van der Waals surface area contributed by atoms with E-state index in [0.717, 1.165) is 12.1 Å². The predicted molar refractivity (Wildman–Crippen MR) is 51.0 cm³/mol. The highest BCUT2D eigenvalue weighted by molar-refractivity contribution is 5.28. The van der Waals surface area contributed by atoms with Gasteiger partial charge in [0.15, 0.2) is 0 Å². The third kappa shape index (κ3) is 7.00. The molecule has 0 fully saturated rings. The molecular formula is C9H16N2. The number of rotatable bonds is 4. The van der Waals surface area contributed by atoms with E-state index in [2.05, 4.69) is 22.7 Å². The zero-order chi connectivity index (χ0) is 8.69. The van der Waals surface area contributed by atoms with Gasteiger partial charge in [-0.2, -0.15) is 0 Å². The zero-order valence-corrected chi connectivity index (χ0v) is 7.54. The topological polar surface area (TPSA) is 15.6 Å². The first-order valence-corrected chi connectivity index (χ1v) is 3.60. The molecule has 0 saturated carbocycles. The maximum Gasteiger partial charge on any atom is 0.0289 e. The standard InChI is InChI=1S/C9H16N2/c1-9(8-10-2)6-5-7-11(3)4/h5-6,8H,2,7H2,1,3-4H3/b6-5-,9-8-. The van der Waals surface area contributed by atoms with E-state index in [1.54, 1.807) is 6.20 Å². The van der Waals surface area contributed by atoms with E-state index in [4.69, 9.17) is 0 Å². The van der Waals surface area contributed by atoms with E-state index in [1.807, 2.05) is 27.1 Å². The number of aliphatic imine (C=N–C) groups is 1. The van der Waals surface area contributed by atoms with Gasteiger partial charge in [0.25, 0.3) is 0 Å². The molecule has 0 unspecified atom stereocenters. The summed E-state index contributed by atoms with van der Waals surface area (Å²) in [6, 6.07) is 0. The van der Waals surface area contributed by atoms with Crippen LogP contribution in [0.1, 0.15) is 6.92 Å². The fourth-order valence-electron chi connectivity index (χ4n) is 0.636. The van der Waals surface area contributed by atoms with Crippen molar-refractivity contribution < 1.29 is 0 Å². The van der Waals surface area contributed by atoms with E-state index in [0.29, 0.717) is 0 Å². The molecule has 62 valence electrons. The highest BCUT2D eigenvalue weighted by Gasteiger charge is 1.82. The summed E-state index contributed by atoms with van der Waals surface area (Å²) in [5.41, 5.74) is 1.13. The fourth-order valence-corrected chi connectivity index (χ4v) is 0.636. The minimum Gasteiger partial charge on any atom is -0.306 e. The van der Waals surface area contributed by atoms with Gasteiger partial charge in [-0.15, -0.1) is 0 Å². The molecule has 0 bridgehead atoms. The van der Waals surface area contributed by atoms with Gasteiger partial charge in [0.2, 0.25) is 0 Å². The van der Waals surface area contributed by atoms with Gasteiger partial charge in [0, 0.05) is 12.7 Å². The van der Waals surface area contributed by atoms with Gasteiger partial charge >= 0.3 is 0 Å². The first-order valence-electron chi connectivity index (χ1n) is 3.60. The predicted octanol–water partition coefficient (Wildman–Crippen LogP) is 1.71. The normalized spacial score (nSPS) is 12.9. The van der Waals surface area contributed by atoms with Gasteiger partial charge in [-0.3, -0.25) is 4.99 Å². The van der Waals surface area contributed by atoms with E-state index in [1.165, 1.54) is 0 Å². The maximum absolute atomic E-state index is 3.66. The first-order chi connectivity index (χ1) is 5.16. The van der Waals surface area contributed by atoms with E-state index >= 15 is 0 Å². The van der Waals surface area contributed by atoms with Crippen molar-refractivity contribution in [1.29, 1.82) is 0 Å². The molecule has 2 nitrogen and oxygen atoms in total. The number of likely N-dealkylation sites (N-methyl/N-ethyl adjacent to an activating group) is 1. The summed E-state index contributed by atoms with van der Waals surface area (Å²) in [7, 11) is 4.07. The van der Waals surface area contributed by atoms with E-state index in [-0.39, 0.29) is 0 Å². The van der Waals surface area contributed by atoms with Crippen LogP contribution in [0.4, 0.5) is 0 Å². The molecule has 0 rings (SSSR count). The Bertz CT molecular complexity index is 166. The van der Waals surface area contributed by atoms with Crippen LogP contribution in [0.15, 0.2) is 28.9 Å². The highest BCUT2D eigenvalue weighted by atomic mass is 15.0. The molecule has 0 aliphatic rings. The SMILES string of the molecule is C=N/C=C(C)\C=C/CN(C)C. The first kappa shape index (κ1) is 10.1. The number of hydrogen-bond acceptors (Lipinski definition) is 2. The van der Waals surface area contributed by atoms with E-state index in [9.17, 15) is 0 Å². The Morgan fingerprint density at radius 2 is 2.18 bits per heavy atom. The zero-order valence-electron chi connectivity index (χ0n) is 7.54. The Morgan fingerprint density at radius 1 is 1.55 bits per heavy atom. The van der Waals surface area contributed by atoms with Crippen LogP contribution in [0.2, 0.25) is 0 Å². The average Bonchev–Trinajstić information content (AvgIpc) is 1.87. The summed E-state index contributed by atoms with van der Waals surface area (Å²) >= 11 is 0. The monoisotopic (exact) mass is 152 g/mol. The lowest BCUT2D eigenvalue weighted by Gasteiger charge is -2.03. The summed E-state index contributed by atoms with van der Waals surface area (Å²) < 4.78 is 0. The van der Waals surface area contributed by atoms with Crippen LogP contribution in [-0.2, 0) is 0 Å². The number of hydrogen-bond donors (Lipinski definition) is 0. The van der Waals surface area contributed by atoms with Crippen LogP contribution >= 0.6 is 0 Å². The lowest BCUT2D eigenvalue weighted by atomic mass is 10.3. The Labute approximate surface area is 68.9 Å². The summed E-state index contributed by atoms with van der Waals surface area (Å²) in [6.07, 6.45) is 5.87. The number of allylic oxidation sites excluding steroid dienone is 2. The second-order valence-electron chi connectivity index (χ2n) is 2.72. The fraction of sp³-hybridized carbons (Fsp3) is 0.444. The van der Waals surface area contributed by atoms with Crippen molar-refractivity contribution in [3.8, 4) is 0 Å². The van der Waals surface area contributed by atoms with Crippen LogP contribution in [0, 0.1) is 0 Å². The van der Waals surface area contributed by atoms with Crippen molar-refractivity contribution >= 4 is 6.72 Å². The Kier molecular flexibility index (Phi) is 5.39. The molecule has 0 spiro atoms. The summed E-state index contributed by atoms with van der Waals surface area (Å²) in [6.45, 7) is 6.33. The largest absolute Gasteiger partial charge is 0.306 e. The van der Waals surface area contributed by atoms with Crippen molar-refractivity contribution in [3.63, 3.8) is 0 Å². The Balaban J connectivity index is 3.73. The second-order valence-corrected chi connectivity index (χ2v) is 2.72. The van der Waals surface area contributed by atoms with Crippen LogP contribution < -0.4 is 0 Å². The Hall–Kier alpha value is -0.890. The molecule has 0 saturated heterocycles. The van der Waals surface area contributed by atoms with Gasteiger partial charge in [0.05, 0.1) is 0 Å². The van der Waals surface area contributed by atoms with Crippen LogP contribution in [0.5, 0.6) is 0 Å². The van der Waals surface area contributed by atoms with Crippen molar-refractivity contribution in [3.05, 3.63) is 23.9 Å². The highest BCUT2D eigenvalue weighted by Crippen LogP contribution is 1.94. The van der Waals surface area contributed by atoms with Crippen molar-refractivity contribution in [2.75, 3.05) is 20.6 Å². The van der Waals surface area contributed by atoms with Gasteiger partial charge in [0.1, 0.15) is 0 Å². The molecular weight excluding hydrogens is 136 g/mol. The summed E-state index contributed by atoms with van der Waals surface area (Å²) in [5.74, 6) is 0. The molecule has 0 radical (unpaired) electrons. The van der Waals surface area contributed by atoms with Crippen molar-refractivity contribution in [2.24, 2.45) is 4.99 Å². The van der Waals surface area contributed by atoms with Gasteiger partial charge in [-0.1, -0.05) is 12.2 Å². The molecule has 2 heteroatoms. The molecule has 0 aromatic heterocycles. The molecule has 0 aromatic carbocycles. The number of nitrogens with zero attached hydrogens (tertiary/aromatic N) is 2. The van der Waals surface area contributed by atoms with Crippen molar-refractivity contribution in [1.82, 2.24) is 4.90 Å². The lowest BCUT2D eigenvalue weighted by molar-refractivity contribution is 0.456. The molecule has 0 aliphatic carbocycles. The molecule has 0 aliphatic heterocycles. The molecule has 0 aromatic rings. The quantitative estimate of drug-likeness (QED) is 0.442. The Morgan fingerprint density at radius 3 is 2.64 bits per heavy atom. The maximum atomic E-state index is 3.66. The lowest BCUT2D eigenvalue weighted by Crippen LogP contribution is -2.10. The minimum absolute atomic E-state index is 0.961. The average molecular weight is 152 g/mol. The van der Waals surface area contributed by atoms with Crippen LogP contribution in [0.25, 0.3) is 0 Å². The molecule has 11 heavy (non-hydrogen) atoms. The molecule has 0 N–H and O–H groups in total. The van der Waals surface area contributed by atoms with Gasteiger partial charge in [-0.05, 0) is 33.3 Å². The van der Waals surface area contributed by atoms with Crippen molar-refractivity contribution in [2.45, 2.75) is 6.92 Å². The second kappa shape index (κ2) is 5.86. The summed E-state index contributed by atoms with van der Waals surface area (Å²) in [5, 5.41) is 0. The van der Waals surface area contributed by atoms with E-state index < -0.39 is 0 Å². The molecule has 0 atom stereocenters. The van der Waals surface area contributed by atoms with Gasteiger partial charge in [-0.25, -0.2) is 0 Å². The third-order valence-electron chi connectivity index (χ3n) is 1.15. The smallest absolute Gasteiger partial charge is 0.0289 e. The molecule has 0 heterocycles. The molecule has 0 amide bonds. The summed E-state index contributed by atoms with van der Waals surface area (Å²) in [4.78, 5) is 5.76. The minimum atomic E-state index is 0.961. The third-order valence-corrected chi connectivity index (χ3v) is 1.15. The van der Waals surface area contributed by atoms with Gasteiger partial charge < -0.3 is 4.90 Å². The van der Waals surface area contributed by atoms with Crippen LogP contribution in [-0.4, -0.2) is 32.3 Å². The van der Waals surface area contributed by atoms with Crippen LogP contribution in [0.3, 0.4) is 0 Å².